The van der Waals surface area contributed by atoms with Crippen LogP contribution in [0.25, 0.3) is 0 Å². The van der Waals surface area contributed by atoms with Crippen LogP contribution >= 0.6 is 22.9 Å². The van der Waals surface area contributed by atoms with Crippen LogP contribution in [0, 0.1) is 0 Å². The summed E-state index contributed by atoms with van der Waals surface area (Å²) in [7, 11) is 1.75. The van der Waals surface area contributed by atoms with E-state index in [4.69, 9.17) is 11.6 Å². The van der Waals surface area contributed by atoms with Crippen molar-refractivity contribution >= 4 is 34.9 Å². The minimum absolute atomic E-state index is 0.126. The summed E-state index contributed by atoms with van der Waals surface area (Å²) in [5.41, 5.74) is -0.198. The molecule has 1 fully saturated rings. The van der Waals surface area contributed by atoms with E-state index in [-0.39, 0.29) is 11.6 Å². The van der Waals surface area contributed by atoms with Crippen molar-refractivity contribution in [3.63, 3.8) is 0 Å². The number of aryl methyl sites for hydroxylation is 1. The van der Waals surface area contributed by atoms with Crippen molar-refractivity contribution in [3.05, 3.63) is 27.7 Å². The number of carbonyl (C=O) groups is 1. The van der Waals surface area contributed by atoms with Crippen LogP contribution in [-0.4, -0.2) is 37.8 Å². The standard InChI is InChI=1S/C14H18ClN5OS/c1-14(8-10-4-5-11(15)22-10)6-3-7-20(14)13(21)18-12-16-9-17-19(12)2/h4-5,9H,3,6-8H2,1-2H3,(H,16,17,18,21). The molecule has 0 bridgehead atoms. The normalized spacial score (nSPS) is 21.3. The van der Waals surface area contributed by atoms with E-state index in [1.165, 1.54) is 11.2 Å². The first-order chi connectivity index (χ1) is 10.5. The first kappa shape index (κ1) is 15.3. The van der Waals surface area contributed by atoms with Gasteiger partial charge in [0.05, 0.1) is 4.34 Å². The number of likely N-dealkylation sites (tertiary alicyclic amines) is 1. The van der Waals surface area contributed by atoms with Crippen molar-refractivity contribution in [1.82, 2.24) is 19.7 Å². The molecule has 0 aromatic carbocycles. The zero-order valence-electron chi connectivity index (χ0n) is 12.5. The molecule has 0 radical (unpaired) electrons. The summed E-state index contributed by atoms with van der Waals surface area (Å²) in [6.07, 6.45) is 4.22. The van der Waals surface area contributed by atoms with Crippen LogP contribution in [0.15, 0.2) is 18.5 Å². The lowest BCUT2D eigenvalue weighted by Crippen LogP contribution is -2.48. The van der Waals surface area contributed by atoms with Crippen LogP contribution in [0.1, 0.15) is 24.6 Å². The Balaban J connectivity index is 1.74. The third kappa shape index (κ3) is 2.96. The third-order valence-corrected chi connectivity index (χ3v) is 5.34. The molecule has 2 aromatic rings. The predicted molar refractivity (Wildman–Crippen MR) is 87.4 cm³/mol. The molecule has 22 heavy (non-hydrogen) atoms. The molecular formula is C14H18ClN5OS. The number of nitrogens with zero attached hydrogens (tertiary/aromatic N) is 4. The molecule has 1 N–H and O–H groups in total. The van der Waals surface area contributed by atoms with E-state index in [1.807, 2.05) is 17.0 Å². The summed E-state index contributed by atoms with van der Waals surface area (Å²) in [6.45, 7) is 2.88. The molecule has 0 saturated carbocycles. The monoisotopic (exact) mass is 339 g/mol. The quantitative estimate of drug-likeness (QED) is 0.934. The van der Waals surface area contributed by atoms with Crippen molar-refractivity contribution < 1.29 is 4.79 Å². The molecule has 6 nitrogen and oxygen atoms in total. The molecule has 2 aromatic heterocycles. The van der Waals surface area contributed by atoms with Gasteiger partial charge in [-0.3, -0.25) is 5.32 Å². The van der Waals surface area contributed by atoms with Crippen molar-refractivity contribution in [1.29, 1.82) is 0 Å². The average Bonchev–Trinajstić information content (AvgIpc) is 3.13. The number of urea groups is 1. The second-order valence-electron chi connectivity index (χ2n) is 5.77. The van der Waals surface area contributed by atoms with Crippen LogP contribution in [0.5, 0.6) is 0 Å². The Labute approximate surface area is 138 Å². The van der Waals surface area contributed by atoms with Gasteiger partial charge in [0.25, 0.3) is 0 Å². The maximum Gasteiger partial charge on any atom is 0.324 e. The molecule has 1 saturated heterocycles. The molecule has 0 spiro atoms. The van der Waals surface area contributed by atoms with E-state index in [9.17, 15) is 4.79 Å². The molecule has 1 aliphatic heterocycles. The van der Waals surface area contributed by atoms with Crippen molar-refractivity contribution in [2.45, 2.75) is 31.7 Å². The van der Waals surface area contributed by atoms with Gasteiger partial charge in [0.1, 0.15) is 6.33 Å². The predicted octanol–water partition coefficient (Wildman–Crippen LogP) is 3.16. The highest BCUT2D eigenvalue weighted by atomic mass is 35.5. The number of anilines is 1. The molecule has 3 heterocycles. The van der Waals surface area contributed by atoms with Crippen LogP contribution in [-0.2, 0) is 13.5 Å². The molecule has 118 valence electrons. The summed E-state index contributed by atoms with van der Waals surface area (Å²) in [5.74, 6) is 0.457. The van der Waals surface area contributed by atoms with Crippen LogP contribution in [0.2, 0.25) is 4.34 Å². The van der Waals surface area contributed by atoms with Crippen LogP contribution in [0.3, 0.4) is 0 Å². The number of nitrogens with one attached hydrogen (secondary N) is 1. The zero-order chi connectivity index (χ0) is 15.7. The number of carbonyl (C=O) groups excluding carboxylic acids is 1. The molecular weight excluding hydrogens is 322 g/mol. The van der Waals surface area contributed by atoms with Crippen molar-refractivity contribution in [2.24, 2.45) is 7.05 Å². The second-order valence-corrected chi connectivity index (χ2v) is 7.57. The molecule has 3 rings (SSSR count). The first-order valence-electron chi connectivity index (χ1n) is 7.15. The van der Waals surface area contributed by atoms with E-state index in [1.54, 1.807) is 23.1 Å². The molecule has 1 aliphatic rings. The highest BCUT2D eigenvalue weighted by Crippen LogP contribution is 2.35. The van der Waals surface area contributed by atoms with E-state index < -0.39 is 0 Å². The molecule has 2 amide bonds. The molecule has 1 unspecified atom stereocenters. The lowest BCUT2D eigenvalue weighted by atomic mass is 9.94. The summed E-state index contributed by atoms with van der Waals surface area (Å²) in [6, 6.07) is 3.82. The Morgan fingerprint density at radius 1 is 1.55 bits per heavy atom. The summed E-state index contributed by atoms with van der Waals surface area (Å²) >= 11 is 7.59. The number of rotatable bonds is 3. The fourth-order valence-corrected chi connectivity index (χ4v) is 4.21. The highest BCUT2D eigenvalue weighted by Gasteiger charge is 2.40. The van der Waals surface area contributed by atoms with E-state index in [2.05, 4.69) is 22.3 Å². The minimum Gasteiger partial charge on any atom is -0.319 e. The zero-order valence-corrected chi connectivity index (χ0v) is 14.1. The average molecular weight is 340 g/mol. The number of aromatic nitrogens is 3. The minimum atomic E-state index is -0.198. The lowest BCUT2D eigenvalue weighted by Gasteiger charge is -2.35. The summed E-state index contributed by atoms with van der Waals surface area (Å²) in [5, 5.41) is 6.79. The Kier molecular flexibility index (Phi) is 4.10. The summed E-state index contributed by atoms with van der Waals surface area (Å²) < 4.78 is 2.33. The molecule has 8 heteroatoms. The van der Waals surface area contributed by atoms with Gasteiger partial charge in [-0.1, -0.05) is 11.6 Å². The van der Waals surface area contributed by atoms with Gasteiger partial charge in [0, 0.05) is 30.4 Å². The lowest BCUT2D eigenvalue weighted by molar-refractivity contribution is 0.168. The Morgan fingerprint density at radius 3 is 3.00 bits per heavy atom. The smallest absolute Gasteiger partial charge is 0.319 e. The fourth-order valence-electron chi connectivity index (χ4n) is 2.95. The Hall–Kier alpha value is -1.60. The van der Waals surface area contributed by atoms with Gasteiger partial charge >= 0.3 is 6.03 Å². The van der Waals surface area contributed by atoms with Crippen LogP contribution in [0.4, 0.5) is 10.7 Å². The first-order valence-corrected chi connectivity index (χ1v) is 8.34. The van der Waals surface area contributed by atoms with Gasteiger partial charge in [0.15, 0.2) is 0 Å². The number of hydrogen-bond acceptors (Lipinski definition) is 4. The number of amides is 2. The van der Waals surface area contributed by atoms with Crippen LogP contribution < -0.4 is 5.32 Å². The topological polar surface area (TPSA) is 63.1 Å². The molecule has 1 atom stereocenters. The number of halogens is 1. The number of thiophene rings is 1. The van der Waals surface area contributed by atoms with Gasteiger partial charge in [0.2, 0.25) is 5.95 Å². The maximum absolute atomic E-state index is 12.6. The maximum atomic E-state index is 12.6. The van der Waals surface area contributed by atoms with Crippen molar-refractivity contribution in [3.8, 4) is 0 Å². The Morgan fingerprint density at radius 2 is 2.36 bits per heavy atom. The van der Waals surface area contributed by atoms with Gasteiger partial charge < -0.3 is 4.90 Å². The SMILES string of the molecule is Cn1ncnc1NC(=O)N1CCCC1(C)Cc1ccc(Cl)s1. The van der Waals surface area contributed by atoms with Gasteiger partial charge in [-0.2, -0.15) is 10.1 Å². The summed E-state index contributed by atoms with van der Waals surface area (Å²) in [4.78, 5) is 19.7. The second kappa shape index (κ2) is 5.89. The van der Waals surface area contributed by atoms with E-state index >= 15 is 0 Å². The Bertz CT molecular complexity index is 684. The highest BCUT2D eigenvalue weighted by molar-refractivity contribution is 7.16. The third-order valence-electron chi connectivity index (χ3n) is 4.11. The van der Waals surface area contributed by atoms with Gasteiger partial charge in [-0.05, 0) is 31.9 Å². The van der Waals surface area contributed by atoms with Gasteiger partial charge in [-0.15, -0.1) is 11.3 Å². The largest absolute Gasteiger partial charge is 0.324 e. The van der Waals surface area contributed by atoms with Gasteiger partial charge in [-0.25, -0.2) is 9.48 Å². The van der Waals surface area contributed by atoms with Crippen molar-refractivity contribution in [2.75, 3.05) is 11.9 Å². The van der Waals surface area contributed by atoms with E-state index in [0.717, 1.165) is 30.1 Å². The fraction of sp³-hybridized carbons (Fsp3) is 0.500. The molecule has 0 aliphatic carbocycles. The van der Waals surface area contributed by atoms with E-state index in [0.29, 0.717) is 5.95 Å². The number of hydrogen-bond donors (Lipinski definition) is 1.